The van der Waals surface area contributed by atoms with Crippen molar-refractivity contribution in [2.45, 2.75) is 18.7 Å². The van der Waals surface area contributed by atoms with E-state index in [1.807, 2.05) is 36.4 Å². The lowest BCUT2D eigenvalue weighted by molar-refractivity contribution is 0.596. The number of nitrogens with zero attached hydrogens (tertiary/aromatic N) is 4. The number of nitroso groups, excluding NO2 is 1. The molecule has 2 aliphatic rings. The quantitative estimate of drug-likeness (QED) is 0.175. The lowest BCUT2D eigenvalue weighted by Gasteiger charge is -2.21. The molecular formula is C26H22N4O4S. The zero-order valence-electron chi connectivity index (χ0n) is 19.2. The van der Waals surface area contributed by atoms with Gasteiger partial charge >= 0.3 is 0 Å². The van der Waals surface area contributed by atoms with Gasteiger partial charge in [-0.15, -0.1) is 4.91 Å². The third kappa shape index (κ3) is 4.15. The summed E-state index contributed by atoms with van der Waals surface area (Å²) in [4.78, 5) is 17.7. The van der Waals surface area contributed by atoms with Crippen LogP contribution in [0.3, 0.4) is 0 Å². The second-order valence-electron chi connectivity index (χ2n) is 7.98. The second-order valence-corrected chi connectivity index (χ2v) is 9.58. The molecule has 9 heteroatoms. The minimum Gasteiger partial charge on any atom is -0.453 e. The first-order valence-electron chi connectivity index (χ1n) is 11.2. The molecule has 0 N–H and O–H groups in total. The highest BCUT2D eigenvalue weighted by atomic mass is 32.2. The van der Waals surface area contributed by atoms with E-state index >= 15 is 0 Å². The first-order chi connectivity index (χ1) is 16.9. The van der Waals surface area contributed by atoms with Crippen molar-refractivity contribution in [3.63, 3.8) is 0 Å². The molecule has 8 nitrogen and oxygen atoms in total. The van der Waals surface area contributed by atoms with Gasteiger partial charge in [0.15, 0.2) is 11.3 Å². The fourth-order valence-electron chi connectivity index (χ4n) is 4.15. The van der Waals surface area contributed by atoms with Gasteiger partial charge < -0.3 is 9.32 Å². The maximum atomic E-state index is 13.1. The van der Waals surface area contributed by atoms with E-state index in [1.165, 1.54) is 24.3 Å². The standard InChI is InChI=1S/C26H22N4O4S/c1-3-30(4-2)18-11-14-22-24(15-18)34-25-16-23(20-7-5-6-8-21(20)26(25)27-22)29-35(32,33)19-12-9-17(28-31)10-13-19/h5-16H,3-4H2,1-2H3/b29-23+. The van der Waals surface area contributed by atoms with Gasteiger partial charge in [-0.1, -0.05) is 24.3 Å². The number of sulfonamides is 1. The molecule has 1 aliphatic carbocycles. The highest BCUT2D eigenvalue weighted by Gasteiger charge is 2.18. The van der Waals surface area contributed by atoms with E-state index in [9.17, 15) is 13.3 Å². The lowest BCUT2D eigenvalue weighted by Crippen LogP contribution is -2.21. The molecule has 0 bridgehead atoms. The third-order valence-electron chi connectivity index (χ3n) is 5.94. The van der Waals surface area contributed by atoms with Gasteiger partial charge in [0.05, 0.1) is 10.3 Å². The molecule has 0 atom stereocenters. The summed E-state index contributed by atoms with van der Waals surface area (Å²) in [6.45, 7) is 5.90. The molecule has 3 aromatic rings. The Balaban J connectivity index is 1.76. The number of rotatable bonds is 6. The summed E-state index contributed by atoms with van der Waals surface area (Å²) in [6, 6.07) is 20.2. The minimum absolute atomic E-state index is 0.0356. The Morgan fingerprint density at radius 1 is 0.914 bits per heavy atom. The molecule has 3 aromatic carbocycles. The molecule has 35 heavy (non-hydrogen) atoms. The zero-order chi connectivity index (χ0) is 24.6. The van der Waals surface area contributed by atoms with Gasteiger partial charge in [0.25, 0.3) is 10.0 Å². The van der Waals surface area contributed by atoms with Gasteiger partial charge in [-0.3, -0.25) is 0 Å². The van der Waals surface area contributed by atoms with Crippen LogP contribution < -0.4 is 10.3 Å². The van der Waals surface area contributed by atoms with Crippen molar-refractivity contribution in [2.24, 2.45) is 9.57 Å². The molecule has 0 aromatic heterocycles. The Bertz CT molecular complexity index is 1710. The Morgan fingerprint density at radius 3 is 2.31 bits per heavy atom. The Morgan fingerprint density at radius 2 is 1.63 bits per heavy atom. The highest BCUT2D eigenvalue weighted by molar-refractivity contribution is 7.90. The number of hydrogen-bond donors (Lipinski definition) is 0. The summed E-state index contributed by atoms with van der Waals surface area (Å²) in [6.07, 6.45) is 0. The van der Waals surface area contributed by atoms with Crippen LogP contribution in [0, 0.1) is 4.91 Å². The molecule has 0 radical (unpaired) electrons. The van der Waals surface area contributed by atoms with Crippen molar-refractivity contribution < 1.29 is 12.8 Å². The molecule has 0 unspecified atom stereocenters. The molecule has 5 rings (SSSR count). The summed E-state index contributed by atoms with van der Waals surface area (Å²) in [7, 11) is -4.05. The van der Waals surface area contributed by atoms with E-state index < -0.39 is 10.0 Å². The number of fused-ring (bicyclic) bond motifs is 4. The van der Waals surface area contributed by atoms with Crippen molar-refractivity contribution >= 4 is 43.3 Å². The van der Waals surface area contributed by atoms with Gasteiger partial charge in [0.1, 0.15) is 16.9 Å². The Labute approximate surface area is 201 Å². The minimum atomic E-state index is -4.05. The van der Waals surface area contributed by atoms with Crippen molar-refractivity contribution in [3.05, 3.63) is 83.1 Å². The number of benzene rings is 4. The fraction of sp³-hybridized carbons (Fsp3) is 0.154. The largest absolute Gasteiger partial charge is 0.453 e. The van der Waals surface area contributed by atoms with Crippen LogP contribution in [0.2, 0.25) is 0 Å². The predicted molar refractivity (Wildman–Crippen MR) is 136 cm³/mol. The van der Waals surface area contributed by atoms with Crippen LogP contribution in [0.25, 0.3) is 33.3 Å². The van der Waals surface area contributed by atoms with Crippen molar-refractivity contribution in [1.29, 1.82) is 0 Å². The van der Waals surface area contributed by atoms with E-state index in [4.69, 9.17) is 9.40 Å². The van der Waals surface area contributed by atoms with Gasteiger partial charge in [-0.05, 0) is 55.4 Å². The van der Waals surface area contributed by atoms with Crippen molar-refractivity contribution in [1.82, 2.24) is 4.98 Å². The van der Waals surface area contributed by atoms with Crippen molar-refractivity contribution in [2.75, 3.05) is 18.0 Å². The molecule has 176 valence electrons. The topological polar surface area (TPSA) is 105 Å². The van der Waals surface area contributed by atoms with Gasteiger partial charge in [0, 0.05) is 41.7 Å². The van der Waals surface area contributed by atoms with Gasteiger partial charge in [-0.2, -0.15) is 12.8 Å². The van der Waals surface area contributed by atoms with E-state index in [1.54, 1.807) is 12.1 Å². The number of anilines is 1. The number of hydrogen-bond acceptors (Lipinski definition) is 7. The summed E-state index contributed by atoms with van der Waals surface area (Å²) < 4.78 is 36.5. The first kappa shape index (κ1) is 22.7. The smallest absolute Gasteiger partial charge is 0.282 e. The summed E-state index contributed by atoms with van der Waals surface area (Å²) in [5, 5.41) is 4.42. The molecule has 0 saturated carbocycles. The first-order valence-corrected chi connectivity index (χ1v) is 12.6. The van der Waals surface area contributed by atoms with Crippen LogP contribution in [0.4, 0.5) is 11.4 Å². The lowest BCUT2D eigenvalue weighted by atomic mass is 10.0. The number of aromatic nitrogens is 1. The Hall–Kier alpha value is -4.11. The van der Waals surface area contributed by atoms with E-state index in [2.05, 4.69) is 28.3 Å². The average molecular weight is 487 g/mol. The summed E-state index contributed by atoms with van der Waals surface area (Å²) in [5.74, 6) is 0.433. The predicted octanol–water partition coefficient (Wildman–Crippen LogP) is 5.62. The van der Waals surface area contributed by atoms with Crippen LogP contribution in [0.5, 0.6) is 0 Å². The monoisotopic (exact) mass is 486 g/mol. The van der Waals surface area contributed by atoms with E-state index in [-0.39, 0.29) is 15.9 Å². The SMILES string of the molecule is CCN(CC)c1ccc2nc3c4ccccc4/c(=N/S(=O)(=O)c4ccc(N=O)cc4)cc-3oc2c1. The maximum absolute atomic E-state index is 13.1. The van der Waals surface area contributed by atoms with Crippen LogP contribution in [-0.2, 0) is 10.0 Å². The van der Waals surface area contributed by atoms with Crippen LogP contribution in [-0.4, -0.2) is 26.5 Å². The maximum Gasteiger partial charge on any atom is 0.282 e. The molecule has 1 heterocycles. The van der Waals surface area contributed by atoms with E-state index in [0.29, 0.717) is 27.9 Å². The fourth-order valence-corrected chi connectivity index (χ4v) is 5.14. The second kappa shape index (κ2) is 8.92. The average Bonchev–Trinajstić information content (AvgIpc) is 2.88. The van der Waals surface area contributed by atoms with Crippen molar-refractivity contribution in [3.8, 4) is 11.5 Å². The van der Waals surface area contributed by atoms with Crippen LogP contribution in [0.15, 0.2) is 91.7 Å². The molecule has 0 amide bonds. The molecule has 0 fully saturated rings. The normalized spacial score (nSPS) is 12.5. The Kier molecular flexibility index (Phi) is 5.78. The van der Waals surface area contributed by atoms with Gasteiger partial charge in [-0.25, -0.2) is 4.98 Å². The molecular weight excluding hydrogens is 464 g/mol. The van der Waals surface area contributed by atoms with E-state index in [0.717, 1.165) is 24.2 Å². The summed E-state index contributed by atoms with van der Waals surface area (Å²) in [5.41, 5.74) is 3.10. The molecule has 1 aliphatic heterocycles. The third-order valence-corrected chi connectivity index (χ3v) is 7.25. The van der Waals surface area contributed by atoms with Gasteiger partial charge in [0.2, 0.25) is 0 Å². The highest BCUT2D eigenvalue weighted by Crippen LogP contribution is 2.32. The molecule has 0 saturated heterocycles. The van der Waals surface area contributed by atoms with Crippen LogP contribution >= 0.6 is 0 Å². The zero-order valence-corrected chi connectivity index (χ0v) is 20.0. The van der Waals surface area contributed by atoms with Crippen LogP contribution in [0.1, 0.15) is 13.8 Å². The summed E-state index contributed by atoms with van der Waals surface area (Å²) >= 11 is 0. The molecule has 0 spiro atoms.